The largest absolute Gasteiger partial charge is 0.317 e. The van der Waals surface area contributed by atoms with Crippen LogP contribution in [0.5, 0.6) is 0 Å². The molecule has 0 fully saturated rings. The van der Waals surface area contributed by atoms with Crippen molar-refractivity contribution in [3.8, 4) is 90.9 Å². The Morgan fingerprint density at radius 2 is 0.795 bits per heavy atom. The summed E-state index contributed by atoms with van der Waals surface area (Å²) in [6.45, 7) is 0. The quantitative estimate of drug-likeness (QED) is 0.152. The topological polar surface area (TPSA) is 86.2 Å². The van der Waals surface area contributed by atoms with Crippen molar-refractivity contribution in [2.75, 3.05) is 0 Å². The lowest BCUT2D eigenvalue weighted by molar-refractivity contribution is 1.11. The summed E-state index contributed by atoms with van der Waals surface area (Å²) in [5, 5.41) is 37.5. The number of nitrogens with zero attached hydrogens (tertiary/aromatic N) is 6. The SMILES string of the molecule is N#Cc1c(-c2ccccc2)c(C#N)c(-n2ccc3ccccc32)c(C#N)c1-c1cccc(-c2ccc(-n3c4ccccc4c4cc(-c5ccc6c(ccn6-c6cccc(-c7ccccc7)c6)c5)ccc43)cc2)c1. The predicted molar refractivity (Wildman–Crippen MR) is 296 cm³/mol. The minimum absolute atomic E-state index is 0.261. The van der Waals surface area contributed by atoms with Crippen molar-refractivity contribution in [1.82, 2.24) is 13.7 Å². The Kier molecular flexibility index (Phi) is 10.2. The molecular weight excluding hydrogens is 889 g/mol. The first-order chi connectivity index (χ1) is 36.1. The Morgan fingerprint density at radius 3 is 1.55 bits per heavy atom. The number of hydrogen-bond acceptors (Lipinski definition) is 3. The average molecular weight is 929 g/mol. The lowest BCUT2D eigenvalue weighted by Gasteiger charge is -2.20. The van der Waals surface area contributed by atoms with E-state index in [0.717, 1.165) is 66.6 Å². The van der Waals surface area contributed by atoms with Crippen molar-refractivity contribution in [3.05, 3.63) is 260 Å². The van der Waals surface area contributed by atoms with Crippen LogP contribution >= 0.6 is 0 Å². The summed E-state index contributed by atoms with van der Waals surface area (Å²) < 4.78 is 6.50. The van der Waals surface area contributed by atoms with Gasteiger partial charge < -0.3 is 13.7 Å². The van der Waals surface area contributed by atoms with E-state index in [1.807, 2.05) is 95.7 Å². The molecule has 0 saturated carbocycles. The van der Waals surface area contributed by atoms with Gasteiger partial charge >= 0.3 is 0 Å². The molecule has 0 bridgehead atoms. The molecule has 0 atom stereocenters. The third kappa shape index (κ3) is 7.08. The molecule has 6 nitrogen and oxygen atoms in total. The van der Waals surface area contributed by atoms with Gasteiger partial charge in [-0.15, -0.1) is 0 Å². The number of para-hydroxylation sites is 2. The molecule has 0 amide bonds. The van der Waals surface area contributed by atoms with Crippen LogP contribution in [-0.4, -0.2) is 13.7 Å². The normalized spacial score (nSPS) is 11.2. The Hall–Kier alpha value is -10.5. The van der Waals surface area contributed by atoms with Gasteiger partial charge in [-0.05, 0) is 129 Å². The van der Waals surface area contributed by atoms with E-state index in [9.17, 15) is 15.8 Å². The number of hydrogen-bond donors (Lipinski definition) is 0. The Balaban J connectivity index is 0.872. The number of aromatic nitrogens is 3. The van der Waals surface area contributed by atoms with Crippen LogP contribution in [0.1, 0.15) is 16.7 Å². The fraction of sp³-hybridized carbons (Fsp3) is 0. The molecule has 0 N–H and O–H groups in total. The molecule has 13 aromatic rings. The third-order valence-corrected chi connectivity index (χ3v) is 14.2. The van der Waals surface area contributed by atoms with Gasteiger partial charge in [-0.25, -0.2) is 0 Å². The highest BCUT2D eigenvalue weighted by Gasteiger charge is 2.28. The maximum absolute atomic E-state index is 11.1. The maximum Gasteiger partial charge on any atom is 0.102 e. The zero-order valence-electron chi connectivity index (χ0n) is 39.3. The molecule has 0 radical (unpaired) electrons. The van der Waals surface area contributed by atoms with Gasteiger partial charge in [-0.3, -0.25) is 0 Å². The van der Waals surface area contributed by atoms with E-state index in [1.165, 1.54) is 27.3 Å². The summed E-state index contributed by atoms with van der Waals surface area (Å²) in [5.41, 5.74) is 16.7. The fourth-order valence-electron chi connectivity index (χ4n) is 10.9. The summed E-state index contributed by atoms with van der Waals surface area (Å²) in [6.07, 6.45) is 4.05. The monoisotopic (exact) mass is 928 g/mol. The summed E-state index contributed by atoms with van der Waals surface area (Å²) in [6, 6.07) is 86.8. The number of nitriles is 3. The second kappa shape index (κ2) is 17.5. The van der Waals surface area contributed by atoms with E-state index in [1.54, 1.807) is 0 Å². The van der Waals surface area contributed by atoms with Crippen molar-refractivity contribution < 1.29 is 0 Å². The highest BCUT2D eigenvalue weighted by atomic mass is 15.0. The first-order valence-corrected chi connectivity index (χ1v) is 24.2. The summed E-state index contributed by atoms with van der Waals surface area (Å²) in [4.78, 5) is 0. The summed E-state index contributed by atoms with van der Waals surface area (Å²) >= 11 is 0. The zero-order chi connectivity index (χ0) is 49.0. The molecule has 3 aromatic heterocycles. The van der Waals surface area contributed by atoms with Gasteiger partial charge in [0.2, 0.25) is 0 Å². The standard InChI is InChI=1S/C67H40N6/c68-41-58-65(47-16-5-2-6-17-47)59(42-69)67(72-36-33-46-15-7-9-23-61(46)72)60(43-70)66(58)53-20-11-18-48(38-53)45-25-29-54(30-26-45)73-63-24-10-8-22-56(63)57-40-51(28-32-64(57)73)50-27-31-62-52(37-50)34-35-71(62)55-21-12-19-49(39-55)44-13-3-1-4-14-44/h1-40H. The Morgan fingerprint density at radius 1 is 0.288 bits per heavy atom. The van der Waals surface area contributed by atoms with Crippen LogP contribution in [-0.2, 0) is 0 Å². The molecule has 0 saturated heterocycles. The lowest BCUT2D eigenvalue weighted by Crippen LogP contribution is -2.07. The smallest absolute Gasteiger partial charge is 0.102 e. The Bertz CT molecular complexity index is 4450. The highest BCUT2D eigenvalue weighted by Crippen LogP contribution is 2.44. The second-order valence-corrected chi connectivity index (χ2v) is 18.3. The van der Waals surface area contributed by atoms with Crippen LogP contribution < -0.4 is 0 Å². The van der Waals surface area contributed by atoms with Crippen LogP contribution in [0.15, 0.2) is 243 Å². The minimum atomic E-state index is 0.261. The molecule has 0 aliphatic rings. The van der Waals surface area contributed by atoms with Gasteiger partial charge in [-0.1, -0.05) is 152 Å². The van der Waals surface area contributed by atoms with Crippen LogP contribution in [0.4, 0.5) is 0 Å². The van der Waals surface area contributed by atoms with Gasteiger partial charge in [0, 0.05) is 51.1 Å². The number of rotatable bonds is 8. The number of benzene rings is 10. The van der Waals surface area contributed by atoms with E-state index < -0.39 is 0 Å². The van der Waals surface area contributed by atoms with Crippen molar-refractivity contribution in [2.24, 2.45) is 0 Å². The molecule has 13 rings (SSSR count). The van der Waals surface area contributed by atoms with Crippen molar-refractivity contribution in [3.63, 3.8) is 0 Å². The lowest BCUT2D eigenvalue weighted by atomic mass is 9.83. The molecule has 3 heterocycles. The molecular formula is C67H40N6. The molecule has 0 aliphatic carbocycles. The molecule has 6 heteroatoms. The van der Waals surface area contributed by atoms with Crippen molar-refractivity contribution >= 4 is 43.6 Å². The van der Waals surface area contributed by atoms with E-state index in [2.05, 4.69) is 179 Å². The average Bonchev–Trinajstić information content (AvgIpc) is 4.19. The van der Waals surface area contributed by atoms with Crippen molar-refractivity contribution in [2.45, 2.75) is 0 Å². The molecule has 10 aromatic carbocycles. The highest BCUT2D eigenvalue weighted by molar-refractivity contribution is 6.10. The van der Waals surface area contributed by atoms with Gasteiger partial charge in [0.05, 0.1) is 44.4 Å². The van der Waals surface area contributed by atoms with Gasteiger partial charge in [0.25, 0.3) is 0 Å². The van der Waals surface area contributed by atoms with Crippen LogP contribution in [0, 0.1) is 34.0 Å². The first-order valence-electron chi connectivity index (χ1n) is 24.2. The predicted octanol–water partition coefficient (Wildman–Crippen LogP) is 16.6. The van der Waals surface area contributed by atoms with E-state index in [0.29, 0.717) is 22.4 Å². The van der Waals surface area contributed by atoms with Crippen LogP contribution in [0.2, 0.25) is 0 Å². The zero-order valence-corrected chi connectivity index (χ0v) is 39.3. The van der Waals surface area contributed by atoms with Crippen LogP contribution in [0.3, 0.4) is 0 Å². The van der Waals surface area contributed by atoms with Crippen LogP contribution in [0.25, 0.3) is 116 Å². The molecule has 73 heavy (non-hydrogen) atoms. The van der Waals surface area contributed by atoms with Gasteiger partial charge in [0.1, 0.15) is 18.2 Å². The van der Waals surface area contributed by atoms with E-state index >= 15 is 0 Å². The van der Waals surface area contributed by atoms with Gasteiger partial charge in [0.15, 0.2) is 0 Å². The summed E-state index contributed by atoms with van der Waals surface area (Å²) in [5.74, 6) is 0. The fourth-order valence-corrected chi connectivity index (χ4v) is 10.9. The van der Waals surface area contributed by atoms with Crippen molar-refractivity contribution in [1.29, 1.82) is 15.8 Å². The third-order valence-electron chi connectivity index (χ3n) is 14.2. The maximum atomic E-state index is 11.1. The second-order valence-electron chi connectivity index (χ2n) is 18.3. The summed E-state index contributed by atoms with van der Waals surface area (Å²) in [7, 11) is 0. The van der Waals surface area contributed by atoms with E-state index in [-0.39, 0.29) is 16.7 Å². The molecule has 0 spiro atoms. The molecule has 0 unspecified atom stereocenters. The first kappa shape index (κ1) is 42.6. The minimum Gasteiger partial charge on any atom is -0.317 e. The van der Waals surface area contributed by atoms with Gasteiger partial charge in [-0.2, -0.15) is 15.8 Å². The number of fused-ring (bicyclic) bond motifs is 5. The van der Waals surface area contributed by atoms with E-state index in [4.69, 9.17) is 0 Å². The Labute approximate surface area is 421 Å². The molecule has 0 aliphatic heterocycles. The molecule has 338 valence electrons.